The molecule has 1 unspecified atom stereocenters. The van der Waals surface area contributed by atoms with Gasteiger partial charge >= 0.3 is 6.18 Å². The minimum Gasteiger partial charge on any atom is -0.342 e. The molecule has 10 heteroatoms. The fraction of sp³-hybridized carbons (Fsp3) is 0.318. The molecule has 2 amide bonds. The quantitative estimate of drug-likeness (QED) is 0.516. The molecular weight excluding hydrogens is 428 g/mol. The highest BCUT2D eigenvalue weighted by molar-refractivity contribution is 6.03. The predicted molar refractivity (Wildman–Crippen MR) is 107 cm³/mol. The minimum absolute atomic E-state index is 0.0754. The Morgan fingerprint density at radius 2 is 1.88 bits per heavy atom. The Morgan fingerprint density at radius 3 is 2.53 bits per heavy atom. The van der Waals surface area contributed by atoms with Crippen LogP contribution in [0, 0.1) is 11.7 Å². The number of imidazole rings is 1. The van der Waals surface area contributed by atoms with Crippen molar-refractivity contribution >= 4 is 28.5 Å². The van der Waals surface area contributed by atoms with Crippen molar-refractivity contribution in [3.8, 4) is 0 Å². The Labute approximate surface area is 179 Å². The molecule has 166 valence electrons. The van der Waals surface area contributed by atoms with Gasteiger partial charge in [-0.05, 0) is 49.6 Å². The maximum Gasteiger partial charge on any atom is 0.416 e. The van der Waals surface area contributed by atoms with Crippen molar-refractivity contribution in [2.45, 2.75) is 36.9 Å². The fourth-order valence-corrected chi connectivity index (χ4v) is 3.83. The van der Waals surface area contributed by atoms with Crippen LogP contribution in [0.25, 0.3) is 11.0 Å². The molecule has 0 spiro atoms. The zero-order valence-corrected chi connectivity index (χ0v) is 16.6. The van der Waals surface area contributed by atoms with E-state index in [1.807, 2.05) is 24.3 Å². The van der Waals surface area contributed by atoms with Crippen LogP contribution in [0.1, 0.15) is 36.6 Å². The van der Waals surface area contributed by atoms with E-state index in [9.17, 15) is 27.2 Å². The number of aromatic amines is 1. The van der Waals surface area contributed by atoms with Crippen molar-refractivity contribution in [2.75, 3.05) is 5.32 Å². The second-order valence-electron chi connectivity index (χ2n) is 8.31. The van der Waals surface area contributed by atoms with E-state index in [0.29, 0.717) is 37.2 Å². The van der Waals surface area contributed by atoms with Crippen molar-refractivity contribution < 1.29 is 27.2 Å². The normalized spacial score (nSPS) is 21.2. The van der Waals surface area contributed by atoms with Gasteiger partial charge in [0, 0.05) is 11.8 Å². The van der Waals surface area contributed by atoms with Crippen LogP contribution in [0.4, 0.5) is 23.2 Å². The number of para-hydroxylation sites is 2. The lowest BCUT2D eigenvalue weighted by molar-refractivity contribution is -0.137. The summed E-state index contributed by atoms with van der Waals surface area (Å²) < 4.78 is 52.1. The molecule has 0 aliphatic heterocycles. The molecule has 2 aliphatic rings. The second-order valence-corrected chi connectivity index (χ2v) is 8.31. The van der Waals surface area contributed by atoms with E-state index in [-0.39, 0.29) is 23.4 Å². The maximum atomic E-state index is 14.1. The van der Waals surface area contributed by atoms with E-state index < -0.39 is 29.0 Å². The zero-order valence-electron chi connectivity index (χ0n) is 16.6. The molecule has 1 aromatic heterocycles. The molecule has 2 aliphatic carbocycles. The Morgan fingerprint density at radius 1 is 1.12 bits per heavy atom. The SMILES string of the molecule is O=C(NC1(C(=O)Nc2ccc(C(F)(F)F)cc2F)CC1)C1C[C@@H]1c1nc2ccccc2[nH]1. The maximum absolute atomic E-state index is 14.1. The van der Waals surface area contributed by atoms with Crippen LogP contribution in [-0.2, 0) is 15.8 Å². The first-order chi connectivity index (χ1) is 15.2. The highest BCUT2D eigenvalue weighted by Crippen LogP contribution is 2.48. The van der Waals surface area contributed by atoms with Crippen LogP contribution >= 0.6 is 0 Å². The van der Waals surface area contributed by atoms with E-state index in [1.54, 1.807) is 0 Å². The van der Waals surface area contributed by atoms with Gasteiger partial charge in [-0.2, -0.15) is 13.2 Å². The van der Waals surface area contributed by atoms with E-state index in [1.165, 1.54) is 0 Å². The molecule has 5 rings (SSSR count). The van der Waals surface area contributed by atoms with Crippen LogP contribution in [0.3, 0.4) is 0 Å². The smallest absolute Gasteiger partial charge is 0.342 e. The van der Waals surface area contributed by atoms with Gasteiger partial charge in [-0.15, -0.1) is 0 Å². The summed E-state index contributed by atoms with van der Waals surface area (Å²) >= 11 is 0. The summed E-state index contributed by atoms with van der Waals surface area (Å²) in [6.45, 7) is 0. The zero-order chi connectivity index (χ0) is 22.7. The van der Waals surface area contributed by atoms with Crippen LogP contribution < -0.4 is 10.6 Å². The number of carbonyl (C=O) groups is 2. The molecule has 2 atom stereocenters. The predicted octanol–water partition coefficient (Wildman–Crippen LogP) is 4.11. The van der Waals surface area contributed by atoms with E-state index >= 15 is 0 Å². The molecule has 2 fully saturated rings. The number of carbonyl (C=O) groups excluding carboxylic acids is 2. The number of nitrogens with zero attached hydrogens (tertiary/aromatic N) is 1. The standard InChI is InChI=1S/C22H18F4N4O2/c23-14-9-11(22(24,25)26)5-6-15(14)29-20(32)21(7-8-21)30-19(31)13-10-12(13)18-27-16-3-1-2-4-17(16)28-18/h1-6,9,12-13H,7-8,10H2,(H,27,28)(H,29,32)(H,30,31)/t12-,13?/m0/s1. The number of H-pyrrole nitrogens is 1. The van der Waals surface area contributed by atoms with Crippen molar-refractivity contribution in [3.05, 3.63) is 59.7 Å². The topological polar surface area (TPSA) is 86.9 Å². The molecule has 3 N–H and O–H groups in total. The number of hydrogen-bond donors (Lipinski definition) is 3. The fourth-order valence-electron chi connectivity index (χ4n) is 3.83. The molecule has 1 heterocycles. The van der Waals surface area contributed by atoms with Gasteiger partial charge in [0.2, 0.25) is 11.8 Å². The van der Waals surface area contributed by atoms with Crippen LogP contribution in [-0.4, -0.2) is 27.3 Å². The largest absolute Gasteiger partial charge is 0.416 e. The summed E-state index contributed by atoms with van der Waals surface area (Å²) in [6, 6.07) is 9.42. The third-order valence-electron chi connectivity index (χ3n) is 5.98. The van der Waals surface area contributed by atoms with Crippen LogP contribution in [0.15, 0.2) is 42.5 Å². The first-order valence-electron chi connectivity index (χ1n) is 10.1. The summed E-state index contributed by atoms with van der Waals surface area (Å²) in [6.07, 6.45) is -3.35. The molecule has 3 aromatic rings. The van der Waals surface area contributed by atoms with Gasteiger partial charge in [0.1, 0.15) is 17.2 Å². The molecule has 0 bridgehead atoms. The van der Waals surface area contributed by atoms with Crippen molar-refractivity contribution in [2.24, 2.45) is 5.92 Å². The number of anilines is 1. The van der Waals surface area contributed by atoms with Gasteiger partial charge in [0.15, 0.2) is 0 Å². The Balaban J connectivity index is 1.23. The number of fused-ring (bicyclic) bond motifs is 1. The monoisotopic (exact) mass is 446 g/mol. The van der Waals surface area contributed by atoms with Crippen molar-refractivity contribution in [1.29, 1.82) is 0 Å². The summed E-state index contributed by atoms with van der Waals surface area (Å²) in [5.74, 6) is -1.83. The third-order valence-corrected chi connectivity index (χ3v) is 5.98. The van der Waals surface area contributed by atoms with Crippen molar-refractivity contribution in [3.63, 3.8) is 0 Å². The Hall–Kier alpha value is -3.43. The molecule has 6 nitrogen and oxygen atoms in total. The lowest BCUT2D eigenvalue weighted by Crippen LogP contribution is -2.47. The Bertz CT molecular complexity index is 1200. The number of aromatic nitrogens is 2. The van der Waals surface area contributed by atoms with Gasteiger partial charge in [-0.25, -0.2) is 9.37 Å². The number of alkyl halides is 3. The van der Waals surface area contributed by atoms with Gasteiger partial charge in [0.05, 0.1) is 22.3 Å². The summed E-state index contributed by atoms with van der Waals surface area (Å²) in [5, 5.41) is 5.05. The highest BCUT2D eigenvalue weighted by atomic mass is 19.4. The van der Waals surface area contributed by atoms with E-state index in [4.69, 9.17) is 0 Å². The first kappa shape index (κ1) is 20.5. The summed E-state index contributed by atoms with van der Waals surface area (Å²) in [5.41, 5.74) is -0.994. The highest BCUT2D eigenvalue weighted by Gasteiger charge is 2.55. The average Bonchev–Trinajstić information content (AvgIpc) is 3.65. The number of halogens is 4. The van der Waals surface area contributed by atoms with E-state index in [2.05, 4.69) is 20.6 Å². The van der Waals surface area contributed by atoms with Crippen LogP contribution in [0.2, 0.25) is 0 Å². The number of nitrogens with one attached hydrogen (secondary N) is 3. The number of benzene rings is 2. The van der Waals surface area contributed by atoms with E-state index in [0.717, 1.165) is 17.1 Å². The Kier molecular flexibility index (Phi) is 4.51. The van der Waals surface area contributed by atoms with Gasteiger partial charge in [0.25, 0.3) is 0 Å². The summed E-state index contributed by atoms with van der Waals surface area (Å²) in [7, 11) is 0. The van der Waals surface area contributed by atoms with Gasteiger partial charge < -0.3 is 15.6 Å². The number of amides is 2. The van der Waals surface area contributed by atoms with Gasteiger partial charge in [-0.1, -0.05) is 12.1 Å². The molecule has 32 heavy (non-hydrogen) atoms. The average molecular weight is 446 g/mol. The molecule has 0 radical (unpaired) electrons. The second kappa shape index (κ2) is 7.04. The molecule has 0 saturated heterocycles. The first-order valence-corrected chi connectivity index (χ1v) is 10.1. The molecule has 2 saturated carbocycles. The van der Waals surface area contributed by atoms with Gasteiger partial charge in [-0.3, -0.25) is 9.59 Å². The number of rotatable bonds is 5. The lowest BCUT2D eigenvalue weighted by atomic mass is 10.1. The summed E-state index contributed by atoms with van der Waals surface area (Å²) in [4.78, 5) is 33.1. The third kappa shape index (κ3) is 3.69. The molecule has 2 aromatic carbocycles. The molecular formula is C22H18F4N4O2. The van der Waals surface area contributed by atoms with Crippen molar-refractivity contribution in [1.82, 2.24) is 15.3 Å². The minimum atomic E-state index is -4.68. The van der Waals surface area contributed by atoms with Crippen LogP contribution in [0.5, 0.6) is 0 Å². The number of hydrogen-bond acceptors (Lipinski definition) is 3. The lowest BCUT2D eigenvalue weighted by Gasteiger charge is -2.18.